The van der Waals surface area contributed by atoms with Crippen LogP contribution < -0.4 is 5.32 Å². The molecule has 5 nitrogen and oxygen atoms in total. The first-order valence-electron chi connectivity index (χ1n) is 5.37. The molecule has 0 aliphatic heterocycles. The van der Waals surface area contributed by atoms with E-state index in [-0.39, 0.29) is 0 Å². The monoisotopic (exact) mass is 249 g/mol. The molecule has 0 unspecified atom stereocenters. The Bertz CT molecular complexity index is 482. The fraction of sp³-hybridized carbons (Fsp3) is 0.364. The van der Waals surface area contributed by atoms with E-state index >= 15 is 0 Å². The average Bonchev–Trinajstić information content (AvgIpc) is 2.75. The van der Waals surface area contributed by atoms with E-state index in [9.17, 15) is 0 Å². The van der Waals surface area contributed by atoms with E-state index < -0.39 is 0 Å². The minimum Gasteiger partial charge on any atom is -0.368 e. The summed E-state index contributed by atoms with van der Waals surface area (Å²) in [6.07, 6.45) is 7.45. The SMILES string of the molecule is CSc1cc(NCCn2cc(C)cn2)ncn1. The summed E-state index contributed by atoms with van der Waals surface area (Å²) in [6.45, 7) is 3.66. The summed E-state index contributed by atoms with van der Waals surface area (Å²) in [4.78, 5) is 8.28. The molecule has 2 heterocycles. The molecular weight excluding hydrogens is 234 g/mol. The highest BCUT2D eigenvalue weighted by Crippen LogP contribution is 2.13. The van der Waals surface area contributed by atoms with E-state index in [2.05, 4.69) is 20.4 Å². The van der Waals surface area contributed by atoms with Crippen molar-refractivity contribution < 1.29 is 0 Å². The number of nitrogens with zero attached hydrogens (tertiary/aromatic N) is 4. The van der Waals surface area contributed by atoms with Gasteiger partial charge in [0.05, 0.1) is 12.7 Å². The van der Waals surface area contributed by atoms with Gasteiger partial charge in [0.2, 0.25) is 0 Å². The normalized spacial score (nSPS) is 10.5. The minimum atomic E-state index is 0.798. The van der Waals surface area contributed by atoms with E-state index in [0.717, 1.165) is 23.9 Å². The lowest BCUT2D eigenvalue weighted by Gasteiger charge is -2.06. The highest BCUT2D eigenvalue weighted by molar-refractivity contribution is 7.98. The van der Waals surface area contributed by atoms with Gasteiger partial charge in [-0.1, -0.05) is 0 Å². The second-order valence-electron chi connectivity index (χ2n) is 3.65. The lowest BCUT2D eigenvalue weighted by atomic mass is 10.4. The van der Waals surface area contributed by atoms with Gasteiger partial charge in [0.1, 0.15) is 17.2 Å². The Balaban J connectivity index is 1.85. The topological polar surface area (TPSA) is 55.6 Å². The van der Waals surface area contributed by atoms with E-state index in [1.807, 2.05) is 36.3 Å². The first kappa shape index (κ1) is 11.9. The van der Waals surface area contributed by atoms with Crippen molar-refractivity contribution in [3.8, 4) is 0 Å². The third-order valence-corrected chi connectivity index (χ3v) is 2.90. The van der Waals surface area contributed by atoms with Crippen LogP contribution in [0, 0.1) is 6.92 Å². The molecule has 0 spiro atoms. The average molecular weight is 249 g/mol. The number of hydrogen-bond acceptors (Lipinski definition) is 5. The number of anilines is 1. The summed E-state index contributed by atoms with van der Waals surface area (Å²) in [5.74, 6) is 0.855. The van der Waals surface area contributed by atoms with Gasteiger partial charge in [-0.3, -0.25) is 4.68 Å². The highest BCUT2D eigenvalue weighted by Gasteiger charge is 1.98. The zero-order valence-corrected chi connectivity index (χ0v) is 10.7. The zero-order valence-electron chi connectivity index (χ0n) is 9.92. The summed E-state index contributed by atoms with van der Waals surface area (Å²) >= 11 is 1.61. The van der Waals surface area contributed by atoms with Gasteiger partial charge < -0.3 is 5.32 Å². The van der Waals surface area contributed by atoms with Crippen LogP contribution in [-0.2, 0) is 6.54 Å². The molecular formula is C11H15N5S. The van der Waals surface area contributed by atoms with Gasteiger partial charge in [0.15, 0.2) is 0 Å². The van der Waals surface area contributed by atoms with Crippen LogP contribution >= 0.6 is 11.8 Å². The Morgan fingerprint density at radius 2 is 2.29 bits per heavy atom. The Labute approximate surface area is 105 Å². The van der Waals surface area contributed by atoms with E-state index in [1.165, 1.54) is 5.56 Å². The molecule has 0 aliphatic rings. The van der Waals surface area contributed by atoms with Crippen molar-refractivity contribution in [2.45, 2.75) is 18.5 Å². The van der Waals surface area contributed by atoms with Crippen molar-refractivity contribution >= 4 is 17.6 Å². The van der Waals surface area contributed by atoms with Crippen LogP contribution in [0.3, 0.4) is 0 Å². The van der Waals surface area contributed by atoms with Crippen LogP contribution in [0.25, 0.3) is 0 Å². The molecule has 2 aromatic rings. The number of aryl methyl sites for hydroxylation is 1. The summed E-state index contributed by atoms with van der Waals surface area (Å²) in [5, 5.41) is 8.44. The molecule has 0 saturated carbocycles. The molecule has 0 radical (unpaired) electrons. The number of rotatable bonds is 5. The maximum atomic E-state index is 4.22. The van der Waals surface area contributed by atoms with Crippen molar-refractivity contribution in [1.82, 2.24) is 19.7 Å². The molecule has 1 N–H and O–H groups in total. The summed E-state index contributed by atoms with van der Waals surface area (Å²) in [7, 11) is 0. The predicted octanol–water partition coefficient (Wildman–Crippen LogP) is 1.82. The van der Waals surface area contributed by atoms with Gasteiger partial charge in [-0.15, -0.1) is 11.8 Å². The van der Waals surface area contributed by atoms with Crippen LogP contribution in [-0.4, -0.2) is 32.5 Å². The van der Waals surface area contributed by atoms with Crippen LogP contribution in [0.2, 0.25) is 0 Å². The Hall–Kier alpha value is -1.56. The van der Waals surface area contributed by atoms with Crippen LogP contribution in [0.4, 0.5) is 5.82 Å². The van der Waals surface area contributed by atoms with Gasteiger partial charge in [-0.2, -0.15) is 5.10 Å². The summed E-state index contributed by atoms with van der Waals surface area (Å²) < 4.78 is 1.92. The molecule has 2 aromatic heterocycles. The standard InChI is InChI=1S/C11H15N5S/c1-9-6-15-16(7-9)4-3-12-10-5-11(17-2)14-8-13-10/h5-8H,3-4H2,1-2H3,(H,12,13,14). The Kier molecular flexibility index (Phi) is 3.98. The lowest BCUT2D eigenvalue weighted by molar-refractivity contribution is 0.636. The van der Waals surface area contributed by atoms with E-state index in [0.29, 0.717) is 0 Å². The molecule has 0 fully saturated rings. The van der Waals surface area contributed by atoms with Crippen LogP contribution in [0.5, 0.6) is 0 Å². The molecule has 0 aromatic carbocycles. The molecule has 0 amide bonds. The number of thioether (sulfide) groups is 1. The summed E-state index contributed by atoms with van der Waals surface area (Å²) in [6, 6.07) is 1.94. The van der Waals surface area contributed by atoms with Gasteiger partial charge in [-0.05, 0) is 18.7 Å². The third-order valence-electron chi connectivity index (χ3n) is 2.26. The van der Waals surface area contributed by atoms with Gasteiger partial charge in [0.25, 0.3) is 0 Å². The molecule has 0 aliphatic carbocycles. The van der Waals surface area contributed by atoms with Crippen molar-refractivity contribution in [3.63, 3.8) is 0 Å². The number of aromatic nitrogens is 4. The third kappa shape index (κ3) is 3.45. The first-order chi connectivity index (χ1) is 8.28. The predicted molar refractivity (Wildman–Crippen MR) is 69.3 cm³/mol. The largest absolute Gasteiger partial charge is 0.368 e. The van der Waals surface area contributed by atoms with Crippen molar-refractivity contribution in [2.24, 2.45) is 0 Å². The van der Waals surface area contributed by atoms with Gasteiger partial charge >= 0.3 is 0 Å². The van der Waals surface area contributed by atoms with Gasteiger partial charge in [0, 0.05) is 18.8 Å². The fourth-order valence-corrected chi connectivity index (χ4v) is 1.82. The zero-order chi connectivity index (χ0) is 12.1. The smallest absolute Gasteiger partial charge is 0.130 e. The molecule has 0 bridgehead atoms. The second-order valence-corrected chi connectivity index (χ2v) is 4.48. The molecule has 6 heteroatoms. The van der Waals surface area contributed by atoms with Crippen LogP contribution in [0.15, 0.2) is 29.8 Å². The fourth-order valence-electron chi connectivity index (χ4n) is 1.44. The maximum Gasteiger partial charge on any atom is 0.130 e. The summed E-state index contributed by atoms with van der Waals surface area (Å²) in [5.41, 5.74) is 1.18. The number of nitrogens with one attached hydrogen (secondary N) is 1. The van der Waals surface area contributed by atoms with E-state index in [4.69, 9.17) is 0 Å². The maximum absolute atomic E-state index is 4.22. The van der Waals surface area contributed by atoms with Crippen molar-refractivity contribution in [3.05, 3.63) is 30.4 Å². The molecule has 17 heavy (non-hydrogen) atoms. The molecule has 0 saturated heterocycles. The highest BCUT2D eigenvalue weighted by atomic mass is 32.2. The van der Waals surface area contributed by atoms with Crippen molar-refractivity contribution in [2.75, 3.05) is 18.1 Å². The van der Waals surface area contributed by atoms with Gasteiger partial charge in [-0.25, -0.2) is 9.97 Å². The number of hydrogen-bond donors (Lipinski definition) is 1. The van der Waals surface area contributed by atoms with Crippen LogP contribution in [0.1, 0.15) is 5.56 Å². The first-order valence-corrected chi connectivity index (χ1v) is 6.59. The Morgan fingerprint density at radius 3 is 3.00 bits per heavy atom. The molecule has 90 valence electrons. The lowest BCUT2D eigenvalue weighted by Crippen LogP contribution is -2.11. The Morgan fingerprint density at radius 1 is 1.41 bits per heavy atom. The second kappa shape index (κ2) is 5.67. The molecule has 0 atom stereocenters. The quantitative estimate of drug-likeness (QED) is 0.647. The molecule has 2 rings (SSSR count). The van der Waals surface area contributed by atoms with Crippen molar-refractivity contribution in [1.29, 1.82) is 0 Å². The van der Waals surface area contributed by atoms with E-state index in [1.54, 1.807) is 18.1 Å². The minimum absolute atomic E-state index is 0.798.